The summed E-state index contributed by atoms with van der Waals surface area (Å²) in [6, 6.07) is 18.4. The number of aromatic nitrogens is 1. The fourth-order valence-electron chi connectivity index (χ4n) is 2.61. The summed E-state index contributed by atoms with van der Waals surface area (Å²) in [6.45, 7) is 2.46. The van der Waals surface area contributed by atoms with Gasteiger partial charge in [-0.2, -0.15) is 0 Å². The second kappa shape index (κ2) is 10.1. The molecule has 2 aromatic carbocycles. The maximum atomic E-state index is 12.1. The molecule has 0 amide bonds. The predicted molar refractivity (Wildman–Crippen MR) is 114 cm³/mol. The highest BCUT2D eigenvalue weighted by molar-refractivity contribution is 6.42. The summed E-state index contributed by atoms with van der Waals surface area (Å²) in [5.41, 5.74) is 2.76. The lowest BCUT2D eigenvalue weighted by Crippen LogP contribution is -2.15. The molecule has 0 aliphatic rings. The van der Waals surface area contributed by atoms with Gasteiger partial charge in [0.25, 0.3) is 5.88 Å². The van der Waals surface area contributed by atoms with Gasteiger partial charge in [0.05, 0.1) is 27.8 Å². The van der Waals surface area contributed by atoms with Crippen molar-refractivity contribution < 1.29 is 14.6 Å². The van der Waals surface area contributed by atoms with Gasteiger partial charge in [-0.25, -0.2) is 14.7 Å². The third-order valence-electron chi connectivity index (χ3n) is 4.33. The number of carbonyl (C=O) groups is 1. The normalized spacial score (nSPS) is 11.6. The van der Waals surface area contributed by atoms with Crippen molar-refractivity contribution in [2.75, 3.05) is 11.9 Å². The van der Waals surface area contributed by atoms with Crippen LogP contribution in [0.15, 0.2) is 66.9 Å². The van der Waals surface area contributed by atoms with Crippen molar-refractivity contribution in [3.8, 4) is 5.88 Å². The van der Waals surface area contributed by atoms with E-state index in [-0.39, 0.29) is 5.88 Å². The lowest BCUT2D eigenvalue weighted by Gasteiger charge is -2.10. The third-order valence-corrected chi connectivity index (χ3v) is 5.06. The first-order valence-electron chi connectivity index (χ1n) is 9.10. The van der Waals surface area contributed by atoms with Crippen LogP contribution in [0.3, 0.4) is 0 Å². The molecular weight excluding hydrogens is 411 g/mol. The summed E-state index contributed by atoms with van der Waals surface area (Å²) in [5.74, 6) is -0.714. The van der Waals surface area contributed by atoms with E-state index in [1.54, 1.807) is 31.3 Å². The lowest BCUT2D eigenvalue weighted by molar-refractivity contribution is -0.216. The van der Waals surface area contributed by atoms with E-state index in [2.05, 4.69) is 10.3 Å². The Bertz CT molecular complexity index is 950. The van der Waals surface area contributed by atoms with E-state index in [0.717, 1.165) is 23.2 Å². The average Bonchev–Trinajstić information content (AvgIpc) is 2.75. The molecule has 0 aliphatic heterocycles. The number of carbonyl (C=O) groups excluding carboxylic acids is 1. The third kappa shape index (κ3) is 6.11. The van der Waals surface area contributed by atoms with Crippen LogP contribution in [0.2, 0.25) is 10.0 Å². The van der Waals surface area contributed by atoms with Crippen LogP contribution >= 0.6 is 23.2 Å². The van der Waals surface area contributed by atoms with E-state index in [1.807, 2.05) is 42.5 Å². The molecule has 0 bridgehead atoms. The van der Waals surface area contributed by atoms with Crippen molar-refractivity contribution >= 4 is 34.9 Å². The van der Waals surface area contributed by atoms with Crippen LogP contribution in [-0.2, 0) is 16.1 Å². The highest BCUT2D eigenvalue weighted by Crippen LogP contribution is 2.23. The van der Waals surface area contributed by atoms with E-state index < -0.39 is 11.9 Å². The summed E-state index contributed by atoms with van der Waals surface area (Å²) in [5, 5.41) is 4.35. The molecule has 0 radical (unpaired) electrons. The van der Waals surface area contributed by atoms with Crippen molar-refractivity contribution in [3.05, 3.63) is 88.0 Å². The van der Waals surface area contributed by atoms with Crippen LogP contribution in [0.5, 0.6) is 5.88 Å². The van der Waals surface area contributed by atoms with Gasteiger partial charge in [0.2, 0.25) is 0 Å². The second-order valence-corrected chi connectivity index (χ2v) is 7.24. The number of nitrogens with zero attached hydrogens (tertiary/aromatic N) is 1. The van der Waals surface area contributed by atoms with Gasteiger partial charge in [-0.1, -0.05) is 59.6 Å². The molecule has 0 aliphatic carbocycles. The molecule has 29 heavy (non-hydrogen) atoms. The highest BCUT2D eigenvalue weighted by atomic mass is 35.5. The first-order chi connectivity index (χ1) is 14.0. The molecule has 0 saturated carbocycles. The molecule has 0 spiro atoms. The molecule has 0 fully saturated rings. The van der Waals surface area contributed by atoms with Crippen LogP contribution in [-0.4, -0.2) is 17.5 Å². The molecule has 0 saturated heterocycles. The maximum absolute atomic E-state index is 12.1. The maximum Gasteiger partial charge on any atom is 0.362 e. The number of benzene rings is 2. The van der Waals surface area contributed by atoms with Gasteiger partial charge in [-0.15, -0.1) is 0 Å². The first-order valence-corrected chi connectivity index (χ1v) is 9.85. The minimum atomic E-state index is -0.484. The number of hydrogen-bond donors (Lipinski definition) is 1. The molecule has 7 heteroatoms. The van der Waals surface area contributed by atoms with Gasteiger partial charge in [-0.05, 0) is 42.7 Å². The summed E-state index contributed by atoms with van der Waals surface area (Å²) in [7, 11) is 0. The van der Waals surface area contributed by atoms with Crippen LogP contribution in [0.1, 0.15) is 24.0 Å². The van der Waals surface area contributed by atoms with Crippen molar-refractivity contribution in [1.82, 2.24) is 4.98 Å². The molecule has 1 heterocycles. The number of pyridine rings is 1. The van der Waals surface area contributed by atoms with Crippen LogP contribution in [0.4, 0.5) is 5.69 Å². The van der Waals surface area contributed by atoms with Gasteiger partial charge >= 0.3 is 5.97 Å². The average molecular weight is 431 g/mol. The molecule has 1 aromatic heterocycles. The standard InChI is InChI=1S/C22H20Cl2N2O3/c1-15(17-5-3-2-4-6-17)22(27)29-28-21-10-8-18(14-26-21)25-12-11-16-7-9-19(23)20(24)13-16/h2-10,13-15,25H,11-12H2,1H3. The Morgan fingerprint density at radius 2 is 1.86 bits per heavy atom. The topological polar surface area (TPSA) is 60.5 Å². The zero-order valence-corrected chi connectivity index (χ0v) is 17.3. The van der Waals surface area contributed by atoms with E-state index in [4.69, 9.17) is 33.0 Å². The summed E-state index contributed by atoms with van der Waals surface area (Å²) in [4.78, 5) is 26.2. The van der Waals surface area contributed by atoms with Gasteiger partial charge in [0.1, 0.15) is 0 Å². The SMILES string of the molecule is CC(C(=O)OOc1ccc(NCCc2ccc(Cl)c(Cl)c2)cn1)c1ccccc1. The molecule has 1 N–H and O–H groups in total. The van der Waals surface area contributed by atoms with Gasteiger partial charge < -0.3 is 5.32 Å². The second-order valence-electron chi connectivity index (χ2n) is 6.43. The van der Waals surface area contributed by atoms with Crippen LogP contribution < -0.4 is 10.2 Å². The van der Waals surface area contributed by atoms with Crippen molar-refractivity contribution in [2.24, 2.45) is 0 Å². The predicted octanol–water partition coefficient (Wildman–Crippen LogP) is 5.68. The molecular formula is C22H20Cl2N2O3. The summed E-state index contributed by atoms with van der Waals surface area (Å²) >= 11 is 11.9. The van der Waals surface area contributed by atoms with E-state index >= 15 is 0 Å². The zero-order chi connectivity index (χ0) is 20.6. The molecule has 1 atom stereocenters. The van der Waals surface area contributed by atoms with Crippen LogP contribution in [0, 0.1) is 0 Å². The molecule has 3 rings (SSSR count). The Balaban J connectivity index is 1.45. The van der Waals surface area contributed by atoms with Crippen molar-refractivity contribution in [1.29, 1.82) is 0 Å². The minimum absolute atomic E-state index is 0.202. The zero-order valence-electron chi connectivity index (χ0n) is 15.8. The monoisotopic (exact) mass is 430 g/mol. The smallest absolute Gasteiger partial charge is 0.362 e. The summed E-state index contributed by atoms with van der Waals surface area (Å²) in [6.07, 6.45) is 2.39. The Morgan fingerprint density at radius 1 is 1.07 bits per heavy atom. The number of hydrogen-bond acceptors (Lipinski definition) is 5. The number of nitrogens with one attached hydrogen (secondary N) is 1. The molecule has 5 nitrogen and oxygen atoms in total. The van der Waals surface area contributed by atoms with Crippen molar-refractivity contribution in [3.63, 3.8) is 0 Å². The lowest BCUT2D eigenvalue weighted by atomic mass is 10.0. The Kier molecular flexibility index (Phi) is 7.33. The number of anilines is 1. The van der Waals surface area contributed by atoms with E-state index in [1.165, 1.54) is 0 Å². The molecule has 1 unspecified atom stereocenters. The molecule has 150 valence electrons. The van der Waals surface area contributed by atoms with Crippen LogP contribution in [0.25, 0.3) is 0 Å². The summed E-state index contributed by atoms with van der Waals surface area (Å²) < 4.78 is 0. The Hall–Kier alpha value is -2.76. The highest BCUT2D eigenvalue weighted by Gasteiger charge is 2.18. The first kappa shape index (κ1) is 21.0. The largest absolute Gasteiger partial charge is 0.383 e. The quantitative estimate of drug-likeness (QED) is 0.367. The number of halogens is 2. The van der Waals surface area contributed by atoms with Crippen molar-refractivity contribution in [2.45, 2.75) is 19.3 Å². The fourth-order valence-corrected chi connectivity index (χ4v) is 2.93. The number of rotatable bonds is 8. The van der Waals surface area contributed by atoms with Gasteiger partial charge in [-0.3, -0.25) is 4.89 Å². The van der Waals surface area contributed by atoms with Gasteiger partial charge in [0.15, 0.2) is 0 Å². The molecule has 3 aromatic rings. The fraction of sp³-hybridized carbons (Fsp3) is 0.182. The van der Waals surface area contributed by atoms with Gasteiger partial charge in [0, 0.05) is 12.6 Å². The Morgan fingerprint density at radius 3 is 2.55 bits per heavy atom. The Labute approximate surface area is 179 Å². The van der Waals surface area contributed by atoms with E-state index in [9.17, 15) is 4.79 Å². The van der Waals surface area contributed by atoms with E-state index in [0.29, 0.717) is 16.6 Å². The minimum Gasteiger partial charge on any atom is -0.383 e.